The molecule has 0 unspecified atom stereocenters. The zero-order chi connectivity index (χ0) is 15.9. The number of hydrogen-bond acceptors (Lipinski definition) is 4. The summed E-state index contributed by atoms with van der Waals surface area (Å²) in [5.41, 5.74) is 0.926. The molecule has 5 nitrogen and oxygen atoms in total. The molecular formula is C15H18FN3O2S. The Morgan fingerprint density at radius 3 is 3.00 bits per heavy atom. The van der Waals surface area contributed by atoms with Gasteiger partial charge in [0.15, 0.2) is 5.13 Å². The molecule has 0 aliphatic heterocycles. The van der Waals surface area contributed by atoms with E-state index in [1.165, 1.54) is 23.5 Å². The Hall–Kier alpha value is -1.99. The van der Waals surface area contributed by atoms with E-state index >= 15 is 0 Å². The molecule has 1 aromatic heterocycles. The number of carbonyl (C=O) groups is 1. The average molecular weight is 323 g/mol. The van der Waals surface area contributed by atoms with Crippen molar-refractivity contribution < 1.29 is 14.3 Å². The molecule has 2 aromatic rings. The number of anilines is 1. The van der Waals surface area contributed by atoms with Crippen LogP contribution in [0.4, 0.5) is 14.3 Å². The third-order valence-corrected chi connectivity index (χ3v) is 3.98. The molecule has 2 rings (SSSR count). The Kier molecular flexibility index (Phi) is 5.85. The lowest BCUT2D eigenvalue weighted by Crippen LogP contribution is -2.28. The number of benzene rings is 1. The number of aliphatic hydroxyl groups excluding tert-OH is 1. The lowest BCUT2D eigenvalue weighted by Gasteiger charge is -2.07. The first-order valence-corrected chi connectivity index (χ1v) is 7.81. The monoisotopic (exact) mass is 323 g/mol. The number of nitrogens with one attached hydrogen (secondary N) is 2. The van der Waals surface area contributed by atoms with E-state index in [0.29, 0.717) is 10.7 Å². The van der Waals surface area contributed by atoms with E-state index in [-0.39, 0.29) is 24.7 Å². The third-order valence-electron chi connectivity index (χ3n) is 3.00. The van der Waals surface area contributed by atoms with Crippen molar-refractivity contribution >= 4 is 22.5 Å². The molecule has 0 spiro atoms. The number of carbonyl (C=O) groups excluding carboxylic acids is 1. The van der Waals surface area contributed by atoms with Gasteiger partial charge in [-0.1, -0.05) is 19.4 Å². The number of thiazole rings is 1. The molecule has 0 saturated heterocycles. The lowest BCUT2D eigenvalue weighted by atomic mass is 10.1. The average Bonchev–Trinajstić information content (AvgIpc) is 2.94. The summed E-state index contributed by atoms with van der Waals surface area (Å²) in [6.07, 6.45) is 3.74. The van der Waals surface area contributed by atoms with Crippen molar-refractivity contribution in [3.63, 3.8) is 0 Å². The molecule has 22 heavy (non-hydrogen) atoms. The molecule has 0 aliphatic rings. The molecule has 0 atom stereocenters. The summed E-state index contributed by atoms with van der Waals surface area (Å²) in [5.74, 6) is -0.457. The minimum atomic E-state index is -0.457. The van der Waals surface area contributed by atoms with Crippen LogP contribution < -0.4 is 10.6 Å². The van der Waals surface area contributed by atoms with Crippen molar-refractivity contribution in [2.45, 2.75) is 32.9 Å². The zero-order valence-corrected chi connectivity index (χ0v) is 13.0. The van der Waals surface area contributed by atoms with Gasteiger partial charge in [0, 0.05) is 23.2 Å². The number of amides is 2. The fourth-order valence-corrected chi connectivity index (χ4v) is 2.82. The first-order chi connectivity index (χ1) is 10.6. The molecule has 2 amide bonds. The molecule has 0 saturated carbocycles. The van der Waals surface area contributed by atoms with Gasteiger partial charge in [0.2, 0.25) is 0 Å². The maximum Gasteiger partial charge on any atom is 0.321 e. The molecule has 3 N–H and O–H groups in total. The molecule has 0 aliphatic carbocycles. The van der Waals surface area contributed by atoms with Crippen LogP contribution in [0.5, 0.6) is 0 Å². The molecule has 7 heteroatoms. The second-order valence-corrected chi connectivity index (χ2v) is 5.89. The molecule has 0 bridgehead atoms. The number of aromatic nitrogens is 1. The number of hydrogen-bond donors (Lipinski definition) is 3. The molecule has 118 valence electrons. The SMILES string of the molecule is CCCc1cnc(NC(=O)NCc2ccc(F)c(CO)c2)s1. The van der Waals surface area contributed by atoms with E-state index in [1.807, 2.05) is 0 Å². The highest BCUT2D eigenvalue weighted by Crippen LogP contribution is 2.19. The number of aryl methyl sites for hydroxylation is 1. The first-order valence-electron chi connectivity index (χ1n) is 7.00. The van der Waals surface area contributed by atoms with E-state index in [4.69, 9.17) is 5.11 Å². The standard InChI is InChI=1S/C15H18FN3O2S/c1-2-3-12-8-18-15(22-12)19-14(21)17-7-10-4-5-13(16)11(6-10)9-20/h4-6,8,20H,2-3,7,9H2,1H3,(H2,17,18,19,21). The maximum absolute atomic E-state index is 13.3. The second kappa shape index (κ2) is 7.86. The molecule has 0 fully saturated rings. The maximum atomic E-state index is 13.3. The highest BCUT2D eigenvalue weighted by Gasteiger charge is 2.07. The van der Waals surface area contributed by atoms with Gasteiger partial charge in [-0.3, -0.25) is 5.32 Å². The Morgan fingerprint density at radius 1 is 1.45 bits per heavy atom. The van der Waals surface area contributed by atoms with Crippen molar-refractivity contribution in [1.82, 2.24) is 10.3 Å². The Morgan fingerprint density at radius 2 is 2.27 bits per heavy atom. The van der Waals surface area contributed by atoms with E-state index < -0.39 is 5.82 Å². The third kappa shape index (κ3) is 4.51. The molecule has 0 radical (unpaired) electrons. The molecule has 1 aromatic carbocycles. The number of halogens is 1. The summed E-state index contributed by atoms with van der Waals surface area (Å²) in [5, 5.41) is 14.9. The summed E-state index contributed by atoms with van der Waals surface area (Å²) in [7, 11) is 0. The summed E-state index contributed by atoms with van der Waals surface area (Å²) in [6, 6.07) is 4.00. The smallest absolute Gasteiger partial charge is 0.321 e. The van der Waals surface area contributed by atoms with Gasteiger partial charge in [-0.2, -0.15) is 0 Å². The summed E-state index contributed by atoms with van der Waals surface area (Å²) < 4.78 is 13.3. The summed E-state index contributed by atoms with van der Waals surface area (Å²) in [4.78, 5) is 17.1. The van der Waals surface area contributed by atoms with E-state index in [2.05, 4.69) is 22.5 Å². The van der Waals surface area contributed by atoms with Crippen LogP contribution in [0.3, 0.4) is 0 Å². The van der Waals surface area contributed by atoms with Crippen molar-refractivity contribution in [3.05, 3.63) is 46.2 Å². The van der Waals surface area contributed by atoms with Crippen LogP contribution in [-0.2, 0) is 19.6 Å². The highest BCUT2D eigenvalue weighted by atomic mass is 32.1. The van der Waals surface area contributed by atoms with E-state index in [1.54, 1.807) is 12.3 Å². The zero-order valence-electron chi connectivity index (χ0n) is 12.2. The summed E-state index contributed by atoms with van der Waals surface area (Å²) >= 11 is 1.45. The van der Waals surface area contributed by atoms with Gasteiger partial charge >= 0.3 is 6.03 Å². The van der Waals surface area contributed by atoms with Crippen LogP contribution in [0.2, 0.25) is 0 Å². The first kappa shape index (κ1) is 16.4. The van der Waals surface area contributed by atoms with Crippen LogP contribution >= 0.6 is 11.3 Å². The normalized spacial score (nSPS) is 10.5. The topological polar surface area (TPSA) is 74.2 Å². The van der Waals surface area contributed by atoms with Gasteiger partial charge in [-0.05, 0) is 24.1 Å². The van der Waals surface area contributed by atoms with Crippen LogP contribution in [-0.4, -0.2) is 16.1 Å². The van der Waals surface area contributed by atoms with Gasteiger partial charge in [-0.25, -0.2) is 14.2 Å². The molecule has 1 heterocycles. The highest BCUT2D eigenvalue weighted by molar-refractivity contribution is 7.15. The Bertz CT molecular complexity index is 645. The number of aliphatic hydroxyl groups is 1. The fourth-order valence-electron chi connectivity index (χ4n) is 1.91. The van der Waals surface area contributed by atoms with Gasteiger partial charge in [-0.15, -0.1) is 11.3 Å². The van der Waals surface area contributed by atoms with Gasteiger partial charge in [0.1, 0.15) is 5.82 Å². The van der Waals surface area contributed by atoms with Gasteiger partial charge in [0.05, 0.1) is 6.61 Å². The number of nitrogens with zero attached hydrogens (tertiary/aromatic N) is 1. The predicted molar refractivity (Wildman–Crippen MR) is 84.3 cm³/mol. The quantitative estimate of drug-likeness (QED) is 0.765. The summed E-state index contributed by atoms with van der Waals surface area (Å²) in [6.45, 7) is 1.96. The number of rotatable bonds is 6. The van der Waals surface area contributed by atoms with Crippen LogP contribution in [0, 0.1) is 5.82 Å². The van der Waals surface area contributed by atoms with Gasteiger partial charge in [0.25, 0.3) is 0 Å². The Balaban J connectivity index is 1.86. The van der Waals surface area contributed by atoms with Crippen molar-refractivity contribution in [1.29, 1.82) is 0 Å². The van der Waals surface area contributed by atoms with Crippen LogP contribution in [0.25, 0.3) is 0 Å². The molecular weight excluding hydrogens is 305 g/mol. The van der Waals surface area contributed by atoms with Crippen molar-refractivity contribution in [2.24, 2.45) is 0 Å². The van der Waals surface area contributed by atoms with Crippen molar-refractivity contribution in [2.75, 3.05) is 5.32 Å². The minimum absolute atomic E-state index is 0.212. The predicted octanol–water partition coefficient (Wildman–Crippen LogP) is 3.05. The van der Waals surface area contributed by atoms with Crippen molar-refractivity contribution in [3.8, 4) is 0 Å². The lowest BCUT2D eigenvalue weighted by molar-refractivity contribution is 0.251. The minimum Gasteiger partial charge on any atom is -0.392 e. The van der Waals surface area contributed by atoms with E-state index in [9.17, 15) is 9.18 Å². The number of urea groups is 1. The van der Waals surface area contributed by atoms with E-state index in [0.717, 1.165) is 17.7 Å². The Labute approximate surface area is 132 Å². The largest absolute Gasteiger partial charge is 0.392 e. The van der Waals surface area contributed by atoms with Crippen LogP contribution in [0.15, 0.2) is 24.4 Å². The van der Waals surface area contributed by atoms with Crippen LogP contribution in [0.1, 0.15) is 29.3 Å². The van der Waals surface area contributed by atoms with Gasteiger partial charge < -0.3 is 10.4 Å². The second-order valence-electron chi connectivity index (χ2n) is 4.77. The fraction of sp³-hybridized carbons (Fsp3) is 0.333.